The van der Waals surface area contributed by atoms with Crippen molar-refractivity contribution in [3.8, 4) is 90.2 Å². The van der Waals surface area contributed by atoms with Gasteiger partial charge in [-0.25, -0.2) is 19.9 Å². The van der Waals surface area contributed by atoms with E-state index in [0.717, 1.165) is 61.7 Å². The van der Waals surface area contributed by atoms with Gasteiger partial charge in [0, 0.05) is 99.5 Å². The molecule has 0 spiro atoms. The van der Waals surface area contributed by atoms with Gasteiger partial charge in [0.15, 0.2) is 11.6 Å². The van der Waals surface area contributed by atoms with Crippen molar-refractivity contribution >= 4 is 89.3 Å². The summed E-state index contributed by atoms with van der Waals surface area (Å²) in [4.78, 5) is 19.2. The largest absolute Gasteiger partial charge is 0.494 e. The van der Waals surface area contributed by atoms with Crippen LogP contribution in [0.5, 0.6) is 0 Å². The summed E-state index contributed by atoms with van der Waals surface area (Å²) in [7, 11) is -0.336. The third-order valence-electron chi connectivity index (χ3n) is 20.3. The summed E-state index contributed by atoms with van der Waals surface area (Å²) in [6.45, 7) is 8.33. The van der Waals surface area contributed by atoms with Gasteiger partial charge in [-0.05, 0) is 144 Å². The normalized spacial score (nSPS) is 13.0. The fraction of sp³-hybridized carbons (Fsp3) is 0.0638. The summed E-state index contributed by atoms with van der Waals surface area (Å²) in [5.41, 5.74) is 19.9. The Morgan fingerprint density at radius 2 is 0.581 bits per heavy atom. The topological polar surface area (TPSA) is 79.9 Å². The molecule has 0 saturated carbocycles. The number of hydrogen-bond acceptors (Lipinski definition) is 6. The monoisotopic (exact) mass is 1450 g/mol. The average Bonchev–Trinajstić information content (AvgIpc) is 1.63. The van der Waals surface area contributed by atoms with Gasteiger partial charge in [0.05, 0.1) is 50.4 Å². The van der Waals surface area contributed by atoms with Gasteiger partial charge in [0.2, 0.25) is 0 Å². The van der Waals surface area contributed by atoms with E-state index in [2.05, 4.69) is 339 Å². The molecule has 0 unspecified atom stereocenters. The van der Waals surface area contributed by atoms with Gasteiger partial charge >= 0.3 is 7.12 Å². The van der Waals surface area contributed by atoms with E-state index < -0.39 is 0 Å². The molecule has 1 fully saturated rings. The molecule has 1 aliphatic heterocycles. The molecule has 18 aromatic rings. The zero-order valence-electron chi connectivity index (χ0n) is 58.5. The fourth-order valence-corrected chi connectivity index (χ4v) is 14.3. The van der Waals surface area contributed by atoms with E-state index in [1.165, 1.54) is 87.4 Å². The van der Waals surface area contributed by atoms with Gasteiger partial charge in [-0.2, -0.15) is 0 Å². The van der Waals surface area contributed by atoms with Crippen molar-refractivity contribution in [2.75, 3.05) is 0 Å². The molecule has 501 valence electrons. The minimum atomic E-state index is -0.336. The molecule has 11 heteroatoms. The standard InChI is InChI=1S/C44H29N3.C26H17ClN2.C24H24BNO2.Y/c1-2-11-34(12-3-1)44-45-40(32-21-18-31(19-22-32)36-23-20-30-10-4-5-13-35(30)28-36)29-41(46-44)33-24-26-37(27-25-33)47-42-16-8-6-14-38(42)39-15-7-9-17-43(39)47;27-25-17-24(28-26(29-25)21-7-2-1-3-8-21)20-13-10-19(11-14-20)23-15-12-18-6-4-5-9-22(18)16-23;1-23(2)24(3,4)28-25(27-23)17-13-15-18(16-14-17)26-21-11-7-5-9-19(21)20-10-6-8-12-22(20)26;/h1-29H;1-17H;5-16H,1-4H3;. The first-order chi connectivity index (χ1) is 50.9. The molecule has 8 nitrogen and oxygen atoms in total. The minimum absolute atomic E-state index is 0. The Bertz CT molecular complexity index is 6060. The van der Waals surface area contributed by atoms with Crippen LogP contribution in [0.3, 0.4) is 0 Å². The van der Waals surface area contributed by atoms with E-state index in [1.54, 1.807) is 6.07 Å². The third-order valence-corrected chi connectivity index (χ3v) is 20.5. The first kappa shape index (κ1) is 68.2. The van der Waals surface area contributed by atoms with Crippen LogP contribution in [-0.4, -0.2) is 47.4 Å². The molecule has 4 aromatic heterocycles. The van der Waals surface area contributed by atoms with Gasteiger partial charge in [-0.1, -0.05) is 291 Å². The first-order valence-corrected chi connectivity index (χ1v) is 35.6. The summed E-state index contributed by atoms with van der Waals surface area (Å²) in [5, 5.41) is 10.5. The minimum Gasteiger partial charge on any atom is -0.399 e. The van der Waals surface area contributed by atoms with Crippen LogP contribution < -0.4 is 5.46 Å². The third kappa shape index (κ3) is 13.7. The Balaban J connectivity index is 0.000000127. The van der Waals surface area contributed by atoms with Crippen LogP contribution in [0, 0.1) is 0 Å². The van der Waals surface area contributed by atoms with Crippen LogP contribution in [0.15, 0.2) is 352 Å². The van der Waals surface area contributed by atoms with Crippen LogP contribution in [0.4, 0.5) is 0 Å². The Morgan fingerprint density at radius 1 is 0.276 bits per heavy atom. The summed E-state index contributed by atoms with van der Waals surface area (Å²) in [6, 6.07) is 123. The van der Waals surface area contributed by atoms with Gasteiger partial charge in [0.1, 0.15) is 5.15 Å². The van der Waals surface area contributed by atoms with Gasteiger partial charge in [-0.15, -0.1) is 0 Å². The average molecular weight is 1450 g/mol. The van der Waals surface area contributed by atoms with E-state index in [4.69, 9.17) is 35.9 Å². The van der Waals surface area contributed by atoms with Crippen molar-refractivity contribution in [1.29, 1.82) is 0 Å². The maximum absolute atomic E-state index is 6.28. The summed E-state index contributed by atoms with van der Waals surface area (Å²) >= 11 is 6.28. The first-order valence-electron chi connectivity index (χ1n) is 35.2. The quantitative estimate of drug-likeness (QED) is 0.100. The van der Waals surface area contributed by atoms with Crippen LogP contribution in [-0.2, 0) is 42.0 Å². The molecule has 0 N–H and O–H groups in total. The molecule has 19 rings (SSSR count). The second-order valence-corrected chi connectivity index (χ2v) is 27.7. The zero-order chi connectivity index (χ0) is 70.3. The molecule has 1 radical (unpaired) electrons. The molecule has 5 heterocycles. The Labute approximate surface area is 641 Å². The number of benzene rings is 14. The number of hydrogen-bond donors (Lipinski definition) is 0. The Hall–Kier alpha value is -11.3. The predicted molar refractivity (Wildman–Crippen MR) is 433 cm³/mol. The van der Waals surface area contributed by atoms with Gasteiger partial charge < -0.3 is 18.4 Å². The number of nitrogens with zero attached hydrogens (tertiary/aromatic N) is 6. The van der Waals surface area contributed by atoms with Crippen molar-refractivity contribution in [2.45, 2.75) is 38.9 Å². The second kappa shape index (κ2) is 29.1. The molecule has 0 atom stereocenters. The SMILES string of the molecule is CC1(C)OB(c2ccc(-n3c4ccccc4c4ccccc43)cc2)OC1(C)C.Clc1cc(-c2ccc(-c3ccc4ccccc4c3)cc2)nc(-c2ccccc2)n1.[Y].c1ccc(-c2nc(-c3ccc(-c4ccc5ccccc5c4)cc3)cc(-c3ccc(-n4c5ccccc5c5ccccc54)cc3)n2)cc1. The molecule has 14 aromatic carbocycles. The van der Waals surface area contributed by atoms with E-state index in [0.29, 0.717) is 16.8 Å². The van der Waals surface area contributed by atoms with Crippen molar-refractivity contribution in [1.82, 2.24) is 29.1 Å². The van der Waals surface area contributed by atoms with Crippen molar-refractivity contribution < 1.29 is 42.0 Å². The molecule has 0 bridgehead atoms. The summed E-state index contributed by atoms with van der Waals surface area (Å²) in [5.74, 6) is 1.34. The molecule has 0 aliphatic carbocycles. The summed E-state index contributed by atoms with van der Waals surface area (Å²) in [6.07, 6.45) is 0. The molecular weight excluding hydrogens is 1380 g/mol. The van der Waals surface area contributed by atoms with Crippen molar-refractivity contribution in [3.63, 3.8) is 0 Å². The van der Waals surface area contributed by atoms with E-state index in [-0.39, 0.29) is 51.0 Å². The van der Waals surface area contributed by atoms with Crippen molar-refractivity contribution in [3.05, 3.63) is 357 Å². The maximum Gasteiger partial charge on any atom is 0.494 e. The van der Waals surface area contributed by atoms with Crippen LogP contribution >= 0.6 is 11.6 Å². The van der Waals surface area contributed by atoms with E-state index >= 15 is 0 Å². The smallest absolute Gasteiger partial charge is 0.399 e. The van der Waals surface area contributed by atoms with Gasteiger partial charge in [-0.3, -0.25) is 0 Å². The number of halogens is 1. The van der Waals surface area contributed by atoms with E-state index in [1.807, 2.05) is 48.5 Å². The fourth-order valence-electron chi connectivity index (χ4n) is 14.1. The van der Waals surface area contributed by atoms with Crippen LogP contribution in [0.25, 0.3) is 155 Å². The Kier molecular flexibility index (Phi) is 18.9. The zero-order valence-corrected chi connectivity index (χ0v) is 62.1. The van der Waals surface area contributed by atoms with Crippen LogP contribution in [0.1, 0.15) is 27.7 Å². The summed E-state index contributed by atoms with van der Waals surface area (Å²) < 4.78 is 17.0. The number of aromatic nitrogens is 6. The molecule has 105 heavy (non-hydrogen) atoms. The van der Waals surface area contributed by atoms with E-state index in [9.17, 15) is 0 Å². The molecule has 0 amide bonds. The molecule has 1 aliphatic rings. The molecular formula is C94H70BClN6O2Y. The van der Waals surface area contributed by atoms with Crippen molar-refractivity contribution in [2.24, 2.45) is 0 Å². The Morgan fingerprint density at radius 3 is 0.981 bits per heavy atom. The predicted octanol–water partition coefficient (Wildman–Crippen LogP) is 23.8. The maximum atomic E-state index is 6.28. The number of fused-ring (bicyclic) bond motifs is 8. The van der Waals surface area contributed by atoms with Gasteiger partial charge in [0.25, 0.3) is 0 Å². The number of para-hydroxylation sites is 4. The molecule has 1 saturated heterocycles. The van der Waals surface area contributed by atoms with Crippen LogP contribution in [0.2, 0.25) is 5.15 Å². The number of rotatable bonds is 10. The second-order valence-electron chi connectivity index (χ2n) is 27.3.